The highest BCUT2D eigenvalue weighted by Crippen LogP contribution is 2.25. The summed E-state index contributed by atoms with van der Waals surface area (Å²) in [7, 11) is 1.31. The number of phenolic OH excluding ortho intramolecular Hbond substituents is 1. The number of nitrogens with zero attached hydrogens (tertiary/aromatic N) is 3. The Labute approximate surface area is 114 Å². The fourth-order valence-corrected chi connectivity index (χ4v) is 1.98. The molecule has 0 aliphatic carbocycles. The van der Waals surface area contributed by atoms with E-state index in [0.29, 0.717) is 16.8 Å². The first kappa shape index (κ1) is 12.2. The molecule has 0 aliphatic heterocycles. The summed E-state index contributed by atoms with van der Waals surface area (Å²) in [4.78, 5) is 11.6. The molecule has 0 spiro atoms. The lowest BCUT2D eigenvalue weighted by atomic mass is 10.2. The smallest absolute Gasteiger partial charge is 0.337 e. The maximum Gasteiger partial charge on any atom is 0.337 e. The van der Waals surface area contributed by atoms with Gasteiger partial charge in [0.1, 0.15) is 17.0 Å². The Morgan fingerprint density at radius 3 is 2.85 bits per heavy atom. The number of carbonyl (C=O) groups excluding carboxylic acids is 1. The SMILES string of the molecule is COC(=O)c1ccc(O)c(-n2nnc3ccccc32)c1. The Bertz CT molecular complexity index is 795. The number of esters is 1. The van der Waals surface area contributed by atoms with Crippen LogP contribution in [0.1, 0.15) is 10.4 Å². The summed E-state index contributed by atoms with van der Waals surface area (Å²) < 4.78 is 6.15. The molecule has 0 bridgehead atoms. The predicted molar refractivity (Wildman–Crippen MR) is 71.9 cm³/mol. The van der Waals surface area contributed by atoms with E-state index in [0.717, 1.165) is 5.52 Å². The number of hydrogen-bond acceptors (Lipinski definition) is 5. The molecule has 2 aromatic carbocycles. The summed E-state index contributed by atoms with van der Waals surface area (Å²) in [5.41, 5.74) is 2.15. The number of ether oxygens (including phenoxy) is 1. The van der Waals surface area contributed by atoms with E-state index >= 15 is 0 Å². The number of hydrogen-bond donors (Lipinski definition) is 1. The van der Waals surface area contributed by atoms with Gasteiger partial charge >= 0.3 is 5.97 Å². The minimum atomic E-state index is -0.476. The first-order valence-corrected chi connectivity index (χ1v) is 5.93. The average Bonchev–Trinajstić information content (AvgIpc) is 2.91. The van der Waals surface area contributed by atoms with Crippen LogP contribution in [0.4, 0.5) is 0 Å². The second-order valence-corrected chi connectivity index (χ2v) is 4.19. The van der Waals surface area contributed by atoms with Gasteiger partial charge in [0.05, 0.1) is 18.2 Å². The summed E-state index contributed by atoms with van der Waals surface area (Å²) in [6.07, 6.45) is 0. The van der Waals surface area contributed by atoms with Crippen LogP contribution in [0.3, 0.4) is 0 Å². The van der Waals surface area contributed by atoms with Crippen LogP contribution in [0.5, 0.6) is 5.75 Å². The summed E-state index contributed by atoms with van der Waals surface area (Å²) in [6.45, 7) is 0. The van der Waals surface area contributed by atoms with Crippen molar-refractivity contribution in [3.05, 3.63) is 48.0 Å². The van der Waals surface area contributed by atoms with Crippen molar-refractivity contribution in [2.24, 2.45) is 0 Å². The van der Waals surface area contributed by atoms with E-state index in [2.05, 4.69) is 15.0 Å². The zero-order valence-electron chi connectivity index (χ0n) is 10.6. The standard InChI is InChI=1S/C14H11N3O3/c1-20-14(19)9-6-7-13(18)12(8-9)17-11-5-3-2-4-10(11)15-16-17/h2-8,18H,1H3. The first-order valence-electron chi connectivity index (χ1n) is 5.93. The van der Waals surface area contributed by atoms with Crippen LogP contribution in [0.25, 0.3) is 16.7 Å². The van der Waals surface area contributed by atoms with Gasteiger partial charge in [0.2, 0.25) is 0 Å². The molecule has 20 heavy (non-hydrogen) atoms. The Hall–Kier alpha value is -2.89. The van der Waals surface area contributed by atoms with E-state index < -0.39 is 5.97 Å². The number of phenols is 1. The van der Waals surface area contributed by atoms with Gasteiger partial charge in [-0.25, -0.2) is 9.48 Å². The van der Waals surface area contributed by atoms with Gasteiger partial charge in [-0.2, -0.15) is 0 Å². The summed E-state index contributed by atoms with van der Waals surface area (Å²) in [6, 6.07) is 11.8. The highest BCUT2D eigenvalue weighted by molar-refractivity contribution is 5.90. The van der Waals surface area contributed by atoms with Gasteiger partial charge in [-0.1, -0.05) is 17.3 Å². The van der Waals surface area contributed by atoms with Crippen LogP contribution < -0.4 is 0 Å². The molecule has 0 saturated carbocycles. The molecule has 0 aliphatic rings. The largest absolute Gasteiger partial charge is 0.506 e. The third kappa shape index (κ3) is 1.87. The number of rotatable bonds is 2. The van der Waals surface area contributed by atoms with E-state index in [1.807, 2.05) is 24.3 Å². The maximum absolute atomic E-state index is 11.6. The highest BCUT2D eigenvalue weighted by Gasteiger charge is 2.13. The molecule has 0 radical (unpaired) electrons. The minimum Gasteiger partial charge on any atom is -0.506 e. The van der Waals surface area contributed by atoms with E-state index in [1.165, 1.54) is 30.0 Å². The zero-order valence-corrected chi connectivity index (χ0v) is 10.6. The van der Waals surface area contributed by atoms with Gasteiger partial charge in [0.25, 0.3) is 0 Å². The summed E-state index contributed by atoms with van der Waals surface area (Å²) in [5.74, 6) is -0.469. The third-order valence-corrected chi connectivity index (χ3v) is 2.98. The molecule has 0 amide bonds. The van der Waals surface area contributed by atoms with E-state index in [4.69, 9.17) is 0 Å². The molecular formula is C14H11N3O3. The molecule has 0 fully saturated rings. The van der Waals surface area contributed by atoms with Crippen molar-refractivity contribution in [2.75, 3.05) is 7.11 Å². The van der Waals surface area contributed by atoms with Crippen molar-refractivity contribution in [2.45, 2.75) is 0 Å². The Morgan fingerprint density at radius 2 is 2.05 bits per heavy atom. The number of carbonyl (C=O) groups is 1. The predicted octanol–water partition coefficient (Wildman–Crippen LogP) is 1.91. The third-order valence-electron chi connectivity index (χ3n) is 2.98. The number of benzene rings is 2. The highest BCUT2D eigenvalue weighted by atomic mass is 16.5. The fraction of sp³-hybridized carbons (Fsp3) is 0.0714. The normalized spacial score (nSPS) is 10.7. The molecule has 1 heterocycles. The number of aromatic nitrogens is 3. The lowest BCUT2D eigenvalue weighted by Gasteiger charge is -2.07. The molecule has 0 unspecified atom stereocenters. The van der Waals surface area contributed by atoms with Crippen LogP contribution in [-0.2, 0) is 4.74 Å². The molecule has 6 heteroatoms. The van der Waals surface area contributed by atoms with Gasteiger partial charge < -0.3 is 9.84 Å². The van der Waals surface area contributed by atoms with Crippen LogP contribution in [-0.4, -0.2) is 33.2 Å². The minimum absolute atomic E-state index is 0.00769. The zero-order chi connectivity index (χ0) is 14.1. The fourth-order valence-electron chi connectivity index (χ4n) is 1.98. The molecule has 3 rings (SSSR count). The lowest BCUT2D eigenvalue weighted by molar-refractivity contribution is 0.0600. The second-order valence-electron chi connectivity index (χ2n) is 4.19. The Balaban J connectivity index is 2.21. The molecule has 100 valence electrons. The molecule has 0 saturated heterocycles. The van der Waals surface area contributed by atoms with Crippen molar-refractivity contribution in [1.29, 1.82) is 0 Å². The first-order chi connectivity index (χ1) is 9.70. The van der Waals surface area contributed by atoms with Gasteiger partial charge in [0, 0.05) is 0 Å². The molecule has 3 aromatic rings. The number of para-hydroxylation sites is 1. The maximum atomic E-state index is 11.6. The van der Waals surface area contributed by atoms with Crippen molar-refractivity contribution < 1.29 is 14.6 Å². The van der Waals surface area contributed by atoms with Crippen LogP contribution in [0.2, 0.25) is 0 Å². The molecule has 6 nitrogen and oxygen atoms in total. The van der Waals surface area contributed by atoms with Crippen molar-refractivity contribution in [3.8, 4) is 11.4 Å². The van der Waals surface area contributed by atoms with E-state index in [-0.39, 0.29) is 5.75 Å². The summed E-state index contributed by atoms with van der Waals surface area (Å²) in [5, 5.41) is 18.0. The molecule has 1 N–H and O–H groups in total. The quantitative estimate of drug-likeness (QED) is 0.719. The number of methoxy groups -OCH3 is 1. The number of fused-ring (bicyclic) bond motifs is 1. The van der Waals surface area contributed by atoms with E-state index in [9.17, 15) is 9.90 Å². The Morgan fingerprint density at radius 1 is 1.25 bits per heavy atom. The second kappa shape index (κ2) is 4.65. The number of aromatic hydroxyl groups is 1. The van der Waals surface area contributed by atoms with Crippen LogP contribution in [0, 0.1) is 0 Å². The molecule has 1 aromatic heterocycles. The average molecular weight is 269 g/mol. The van der Waals surface area contributed by atoms with E-state index in [1.54, 1.807) is 0 Å². The van der Waals surface area contributed by atoms with Crippen molar-refractivity contribution in [1.82, 2.24) is 15.0 Å². The van der Waals surface area contributed by atoms with Crippen LogP contribution >= 0.6 is 0 Å². The van der Waals surface area contributed by atoms with Crippen molar-refractivity contribution in [3.63, 3.8) is 0 Å². The Kier molecular flexibility index (Phi) is 2.83. The molecule has 0 atom stereocenters. The van der Waals surface area contributed by atoms with Crippen LogP contribution in [0.15, 0.2) is 42.5 Å². The van der Waals surface area contributed by atoms with Gasteiger partial charge in [-0.05, 0) is 30.3 Å². The van der Waals surface area contributed by atoms with Gasteiger partial charge in [-0.3, -0.25) is 0 Å². The monoisotopic (exact) mass is 269 g/mol. The lowest BCUT2D eigenvalue weighted by Crippen LogP contribution is -2.04. The summed E-state index contributed by atoms with van der Waals surface area (Å²) >= 11 is 0. The topological polar surface area (TPSA) is 77.2 Å². The van der Waals surface area contributed by atoms with Gasteiger partial charge in [-0.15, -0.1) is 5.10 Å². The van der Waals surface area contributed by atoms with Crippen molar-refractivity contribution >= 4 is 17.0 Å². The molecular weight excluding hydrogens is 258 g/mol. The van der Waals surface area contributed by atoms with Gasteiger partial charge in [0.15, 0.2) is 0 Å².